The molecule has 0 spiro atoms. The van der Waals surface area contributed by atoms with Gasteiger partial charge in [-0.3, -0.25) is 4.98 Å². The maximum Gasteiger partial charge on any atom is 0.337 e. The van der Waals surface area contributed by atoms with Crippen molar-refractivity contribution in [3.63, 3.8) is 0 Å². The van der Waals surface area contributed by atoms with Crippen LogP contribution in [0.25, 0.3) is 11.1 Å². The summed E-state index contributed by atoms with van der Waals surface area (Å²) in [4.78, 5) is 16.8. The molecule has 0 radical (unpaired) electrons. The molecule has 0 fully saturated rings. The van der Waals surface area contributed by atoms with E-state index in [0.717, 1.165) is 33.3 Å². The summed E-state index contributed by atoms with van der Waals surface area (Å²) in [5.74, 6) is -0.563. The fourth-order valence-electron chi connectivity index (χ4n) is 3.13. The Bertz CT molecular complexity index is 983. The highest BCUT2D eigenvalue weighted by Gasteiger charge is 2.19. The van der Waals surface area contributed by atoms with Crippen molar-refractivity contribution in [3.8, 4) is 11.1 Å². The van der Waals surface area contributed by atoms with Crippen molar-refractivity contribution >= 4 is 33.5 Å². The van der Waals surface area contributed by atoms with Crippen molar-refractivity contribution in [1.29, 1.82) is 0 Å². The first-order valence-corrected chi connectivity index (χ1v) is 10.3. The number of carbonyl (C=O) groups is 1. The Morgan fingerprint density at radius 2 is 1.71 bits per heavy atom. The lowest BCUT2D eigenvalue weighted by Crippen LogP contribution is -2.11. The Hall–Kier alpha value is -2.17. The van der Waals surface area contributed by atoms with Crippen LogP contribution in [0.5, 0.6) is 0 Å². The summed E-state index contributed by atoms with van der Waals surface area (Å²) in [6.07, 6.45) is 1.23. The van der Waals surface area contributed by atoms with E-state index in [2.05, 4.69) is 29.8 Å². The number of benzene rings is 2. The zero-order chi connectivity index (χ0) is 20.3. The zero-order valence-corrected chi connectivity index (χ0v) is 18.1. The van der Waals surface area contributed by atoms with Gasteiger partial charge in [0.1, 0.15) is 0 Å². The number of hydrogen-bond donors (Lipinski definition) is 1. The van der Waals surface area contributed by atoms with E-state index in [1.54, 1.807) is 6.07 Å². The Balaban J connectivity index is 2.12. The summed E-state index contributed by atoms with van der Waals surface area (Å²) in [7, 11) is 0. The second kappa shape index (κ2) is 8.89. The van der Waals surface area contributed by atoms with E-state index in [4.69, 9.17) is 16.6 Å². The van der Waals surface area contributed by atoms with Crippen molar-refractivity contribution in [1.82, 2.24) is 4.98 Å². The smallest absolute Gasteiger partial charge is 0.337 e. The maximum atomic E-state index is 12.0. The van der Waals surface area contributed by atoms with Crippen LogP contribution in [-0.4, -0.2) is 16.1 Å². The minimum atomic E-state index is -0.967. The molecule has 0 aliphatic heterocycles. The molecule has 1 N–H and O–H groups in total. The lowest BCUT2D eigenvalue weighted by Gasteiger charge is -2.16. The summed E-state index contributed by atoms with van der Waals surface area (Å²) in [6.45, 7) is 4.27. The summed E-state index contributed by atoms with van der Waals surface area (Å²) in [6, 6.07) is 17.1. The Kier molecular flexibility index (Phi) is 6.53. The molecule has 1 aromatic heterocycles. The van der Waals surface area contributed by atoms with Gasteiger partial charge in [-0.1, -0.05) is 65.6 Å². The molecule has 0 saturated heterocycles. The average Bonchev–Trinajstić information content (AvgIpc) is 2.64. The van der Waals surface area contributed by atoms with Crippen molar-refractivity contribution in [2.75, 3.05) is 0 Å². The van der Waals surface area contributed by atoms with Crippen molar-refractivity contribution in [2.24, 2.45) is 5.92 Å². The number of aromatic nitrogens is 1. The van der Waals surface area contributed by atoms with Gasteiger partial charge in [0.2, 0.25) is 0 Å². The third-order valence-corrected chi connectivity index (χ3v) is 5.23. The first kappa shape index (κ1) is 20.6. The predicted octanol–water partition coefficient (Wildman–Crippen LogP) is 6.65. The molecule has 0 bridgehead atoms. The van der Waals surface area contributed by atoms with Gasteiger partial charge >= 0.3 is 5.97 Å². The van der Waals surface area contributed by atoms with E-state index in [9.17, 15) is 9.90 Å². The minimum absolute atomic E-state index is 0.236. The van der Waals surface area contributed by atoms with Crippen LogP contribution in [0.2, 0.25) is 5.02 Å². The van der Waals surface area contributed by atoms with Gasteiger partial charge in [0.15, 0.2) is 0 Å². The Morgan fingerprint density at radius 3 is 2.29 bits per heavy atom. The van der Waals surface area contributed by atoms with E-state index >= 15 is 0 Å². The summed E-state index contributed by atoms with van der Waals surface area (Å²) in [5, 5.41) is 10.5. The number of aromatic carboxylic acids is 1. The fourth-order valence-corrected chi connectivity index (χ4v) is 3.52. The Labute approximate surface area is 178 Å². The molecular weight excluding hydrogens is 438 g/mol. The number of pyridine rings is 1. The third-order valence-electron chi connectivity index (χ3n) is 4.45. The normalized spacial score (nSPS) is 11.0. The first-order chi connectivity index (χ1) is 13.3. The molecule has 3 rings (SSSR count). The highest BCUT2D eigenvalue weighted by atomic mass is 79.9. The van der Waals surface area contributed by atoms with Crippen LogP contribution in [0.3, 0.4) is 0 Å². The van der Waals surface area contributed by atoms with Crippen LogP contribution < -0.4 is 0 Å². The highest BCUT2D eigenvalue weighted by molar-refractivity contribution is 9.10. The number of halogens is 2. The van der Waals surface area contributed by atoms with Crippen LogP contribution in [0, 0.1) is 5.92 Å². The molecule has 0 aliphatic rings. The van der Waals surface area contributed by atoms with Gasteiger partial charge in [0, 0.05) is 27.2 Å². The van der Waals surface area contributed by atoms with Gasteiger partial charge < -0.3 is 5.11 Å². The van der Waals surface area contributed by atoms with Crippen LogP contribution in [0.1, 0.15) is 41.2 Å². The van der Waals surface area contributed by atoms with E-state index in [1.165, 1.54) is 0 Å². The maximum absolute atomic E-state index is 12.0. The molecule has 5 heteroatoms. The predicted molar refractivity (Wildman–Crippen MR) is 117 cm³/mol. The second-order valence-electron chi connectivity index (χ2n) is 7.19. The van der Waals surface area contributed by atoms with Gasteiger partial charge in [0.05, 0.1) is 11.3 Å². The number of hydrogen-bond acceptors (Lipinski definition) is 2. The van der Waals surface area contributed by atoms with Gasteiger partial charge in [-0.15, -0.1) is 0 Å². The molecule has 1 heterocycles. The highest BCUT2D eigenvalue weighted by Crippen LogP contribution is 2.29. The van der Waals surface area contributed by atoms with Crippen LogP contribution in [0.15, 0.2) is 59.1 Å². The van der Waals surface area contributed by atoms with Crippen molar-refractivity contribution < 1.29 is 9.90 Å². The monoisotopic (exact) mass is 457 g/mol. The number of carboxylic acid groups (broad SMARTS) is 1. The summed E-state index contributed by atoms with van der Waals surface area (Å²) < 4.78 is 0.979. The van der Waals surface area contributed by atoms with E-state index < -0.39 is 5.97 Å². The van der Waals surface area contributed by atoms with Crippen molar-refractivity contribution in [3.05, 3.63) is 86.6 Å². The number of nitrogens with zero attached hydrogens (tertiary/aromatic N) is 1. The summed E-state index contributed by atoms with van der Waals surface area (Å²) >= 11 is 9.41. The van der Waals surface area contributed by atoms with Gasteiger partial charge in [-0.25, -0.2) is 4.79 Å². The topological polar surface area (TPSA) is 50.2 Å². The third kappa shape index (κ3) is 5.00. The molecule has 0 unspecified atom stereocenters. The molecule has 0 saturated carbocycles. The molecular formula is C23H21BrClNO2. The van der Waals surface area contributed by atoms with Crippen LogP contribution >= 0.6 is 27.5 Å². The standard InChI is InChI=1S/C23H21BrClNO2/c1-14(2)11-21-19(16-5-7-17(24)8-6-16)13-20(23(27)28)22(26-21)12-15-3-9-18(25)10-4-15/h3-10,13-14H,11-12H2,1-2H3,(H,27,28). The lowest BCUT2D eigenvalue weighted by atomic mass is 9.94. The van der Waals surface area contributed by atoms with Crippen LogP contribution in [-0.2, 0) is 12.8 Å². The number of rotatable bonds is 6. The minimum Gasteiger partial charge on any atom is -0.478 e. The van der Waals surface area contributed by atoms with E-state index in [1.807, 2.05) is 48.5 Å². The lowest BCUT2D eigenvalue weighted by molar-refractivity contribution is 0.0695. The SMILES string of the molecule is CC(C)Cc1nc(Cc2ccc(Cl)cc2)c(C(=O)O)cc1-c1ccc(Br)cc1. The zero-order valence-electron chi connectivity index (χ0n) is 15.7. The molecule has 0 atom stereocenters. The molecule has 28 heavy (non-hydrogen) atoms. The number of carboxylic acids is 1. The molecule has 3 nitrogen and oxygen atoms in total. The van der Waals surface area contributed by atoms with Gasteiger partial charge in [0.25, 0.3) is 0 Å². The molecule has 0 amide bonds. The molecule has 144 valence electrons. The summed E-state index contributed by atoms with van der Waals surface area (Å²) in [5.41, 5.74) is 4.55. The largest absolute Gasteiger partial charge is 0.478 e. The van der Waals surface area contributed by atoms with Crippen molar-refractivity contribution in [2.45, 2.75) is 26.7 Å². The quantitative estimate of drug-likeness (QED) is 0.450. The van der Waals surface area contributed by atoms with Crippen LogP contribution in [0.4, 0.5) is 0 Å². The van der Waals surface area contributed by atoms with Gasteiger partial charge in [-0.2, -0.15) is 0 Å². The average molecular weight is 459 g/mol. The Morgan fingerprint density at radius 1 is 1.07 bits per heavy atom. The second-order valence-corrected chi connectivity index (χ2v) is 8.54. The fraction of sp³-hybridized carbons (Fsp3) is 0.217. The molecule has 2 aromatic carbocycles. The first-order valence-electron chi connectivity index (χ1n) is 9.10. The molecule has 0 aliphatic carbocycles. The van der Waals surface area contributed by atoms with E-state index in [-0.39, 0.29) is 5.56 Å². The van der Waals surface area contributed by atoms with E-state index in [0.29, 0.717) is 23.1 Å². The van der Waals surface area contributed by atoms with Gasteiger partial charge in [-0.05, 0) is 53.8 Å². The molecule has 3 aromatic rings.